The smallest absolute Gasteiger partial charge is 0.426 e. The van der Waals surface area contributed by atoms with Crippen LogP contribution in [0.1, 0.15) is 25.7 Å². The number of carbonyl (C=O) groups excluding carboxylic acids is 1. The van der Waals surface area contributed by atoms with Crippen LogP contribution in [0.4, 0.5) is 26.3 Å². The summed E-state index contributed by atoms with van der Waals surface area (Å²) in [6, 6.07) is 0. The monoisotopic (exact) mass is 320 g/mol. The molecule has 9 heteroatoms. The van der Waals surface area contributed by atoms with E-state index in [9.17, 15) is 31.1 Å². The van der Waals surface area contributed by atoms with Crippen LogP contribution in [0.5, 0.6) is 0 Å². The summed E-state index contributed by atoms with van der Waals surface area (Å²) in [5, 5.41) is 9.14. The molecule has 2 unspecified atom stereocenters. The fraction of sp³-hybridized carbons (Fsp3) is 0.750. The number of rotatable bonds is 4. The van der Waals surface area contributed by atoms with Crippen molar-refractivity contribution in [2.24, 2.45) is 5.92 Å². The molecule has 1 aliphatic rings. The molecule has 0 aromatic heterocycles. The first-order valence-electron chi connectivity index (χ1n) is 6.11. The average Bonchev–Trinajstić information content (AvgIpc) is 2.73. The van der Waals surface area contributed by atoms with Crippen LogP contribution in [0.2, 0.25) is 0 Å². The van der Waals surface area contributed by atoms with Gasteiger partial charge in [0.05, 0.1) is 0 Å². The summed E-state index contributed by atoms with van der Waals surface area (Å²) in [5.41, 5.74) is -4.81. The lowest BCUT2D eigenvalue weighted by atomic mass is 9.87. The van der Waals surface area contributed by atoms with Gasteiger partial charge >= 0.3 is 18.3 Å². The van der Waals surface area contributed by atoms with Gasteiger partial charge in [-0.1, -0.05) is 6.58 Å². The van der Waals surface area contributed by atoms with Gasteiger partial charge in [0.15, 0.2) is 0 Å². The van der Waals surface area contributed by atoms with Crippen LogP contribution >= 0.6 is 0 Å². The molecule has 0 bridgehead atoms. The summed E-state index contributed by atoms with van der Waals surface area (Å²) in [4.78, 5) is 11.0. The molecular weight excluding hydrogens is 306 g/mol. The Morgan fingerprint density at radius 3 is 2.14 bits per heavy atom. The van der Waals surface area contributed by atoms with E-state index < -0.39 is 42.4 Å². The van der Waals surface area contributed by atoms with Crippen LogP contribution in [0.25, 0.3) is 0 Å². The molecule has 3 nitrogen and oxygen atoms in total. The Labute approximate surface area is 116 Å². The van der Waals surface area contributed by atoms with Gasteiger partial charge in [-0.15, -0.1) is 0 Å². The second-order valence-corrected chi connectivity index (χ2v) is 4.93. The molecule has 0 aliphatic heterocycles. The molecule has 1 N–H and O–H groups in total. The minimum Gasteiger partial charge on any atom is -0.459 e. The summed E-state index contributed by atoms with van der Waals surface area (Å²) < 4.78 is 80.4. The lowest BCUT2D eigenvalue weighted by molar-refractivity contribution is -0.373. The second-order valence-electron chi connectivity index (χ2n) is 4.93. The third kappa shape index (κ3) is 3.69. The fourth-order valence-corrected chi connectivity index (χ4v) is 2.36. The Balaban J connectivity index is 2.94. The molecule has 0 spiro atoms. The van der Waals surface area contributed by atoms with Crippen molar-refractivity contribution in [1.82, 2.24) is 0 Å². The minimum atomic E-state index is -5.86. The van der Waals surface area contributed by atoms with Gasteiger partial charge in [0, 0.05) is 12.5 Å². The first kappa shape index (κ1) is 17.8. The van der Waals surface area contributed by atoms with Crippen molar-refractivity contribution in [2.75, 3.05) is 0 Å². The molecule has 21 heavy (non-hydrogen) atoms. The third-order valence-electron chi connectivity index (χ3n) is 3.52. The Morgan fingerprint density at radius 1 is 1.19 bits per heavy atom. The van der Waals surface area contributed by atoms with E-state index in [1.165, 1.54) is 0 Å². The first-order chi connectivity index (χ1) is 9.42. The zero-order valence-corrected chi connectivity index (χ0v) is 10.8. The number of hydrogen-bond donors (Lipinski definition) is 1. The standard InChI is InChI=1S/C12H14F6O3/c1-2-9(19)21-8-5-3-4-7(8)6-10(20,11(13,14)15)12(16,17)18/h2,7-8,20H,1,3-6H2. The van der Waals surface area contributed by atoms with Gasteiger partial charge in [0.2, 0.25) is 0 Å². The molecule has 1 rings (SSSR count). The molecule has 0 radical (unpaired) electrons. The predicted molar refractivity (Wildman–Crippen MR) is 59.1 cm³/mol. The molecular formula is C12H14F6O3. The number of aliphatic hydroxyl groups is 1. The lowest BCUT2D eigenvalue weighted by Gasteiger charge is -2.35. The maximum absolute atomic E-state index is 12.6. The summed E-state index contributed by atoms with van der Waals surface area (Å²) in [6.07, 6.45) is -13.2. The maximum Gasteiger partial charge on any atom is 0.426 e. The normalized spacial score (nSPS) is 24.0. The highest BCUT2D eigenvalue weighted by molar-refractivity contribution is 5.81. The van der Waals surface area contributed by atoms with Crippen LogP contribution in [0, 0.1) is 5.92 Å². The average molecular weight is 320 g/mol. The van der Waals surface area contributed by atoms with Crippen LogP contribution in [-0.4, -0.2) is 35.1 Å². The molecule has 122 valence electrons. The van der Waals surface area contributed by atoms with Gasteiger partial charge < -0.3 is 9.84 Å². The Bertz CT molecular complexity index is 387. The number of halogens is 6. The van der Waals surface area contributed by atoms with E-state index in [0.29, 0.717) is 6.42 Å². The Morgan fingerprint density at radius 2 is 1.71 bits per heavy atom. The third-order valence-corrected chi connectivity index (χ3v) is 3.52. The fourth-order valence-electron chi connectivity index (χ4n) is 2.36. The van der Waals surface area contributed by atoms with Crippen LogP contribution in [-0.2, 0) is 9.53 Å². The molecule has 2 atom stereocenters. The molecule has 0 heterocycles. The molecule has 0 aromatic carbocycles. The summed E-state index contributed by atoms with van der Waals surface area (Å²) in [6.45, 7) is 3.10. The number of carbonyl (C=O) groups is 1. The first-order valence-corrected chi connectivity index (χ1v) is 6.11. The van der Waals surface area contributed by atoms with Gasteiger partial charge in [-0.25, -0.2) is 4.79 Å². The molecule has 1 fully saturated rings. The van der Waals surface area contributed by atoms with E-state index in [2.05, 4.69) is 6.58 Å². The number of alkyl halides is 6. The zero-order chi connectivity index (χ0) is 16.5. The number of hydrogen-bond acceptors (Lipinski definition) is 3. The van der Waals surface area contributed by atoms with Crippen molar-refractivity contribution >= 4 is 5.97 Å². The highest BCUT2D eigenvalue weighted by Gasteiger charge is 2.70. The number of esters is 1. The van der Waals surface area contributed by atoms with E-state index in [0.717, 1.165) is 6.08 Å². The number of ether oxygens (including phenoxy) is 1. The Hall–Kier alpha value is -1.25. The SMILES string of the molecule is C=CC(=O)OC1CCCC1CC(O)(C(F)(F)F)C(F)(F)F. The molecule has 0 amide bonds. The van der Waals surface area contributed by atoms with Gasteiger partial charge in [0.25, 0.3) is 5.60 Å². The van der Waals surface area contributed by atoms with Crippen molar-refractivity contribution < 1.29 is 41.0 Å². The van der Waals surface area contributed by atoms with E-state index in [1.807, 2.05) is 0 Å². The Kier molecular flexibility index (Phi) is 4.97. The minimum absolute atomic E-state index is 0.00353. The van der Waals surface area contributed by atoms with E-state index in [4.69, 9.17) is 9.84 Å². The van der Waals surface area contributed by atoms with E-state index in [1.54, 1.807) is 0 Å². The highest BCUT2D eigenvalue weighted by atomic mass is 19.4. The zero-order valence-electron chi connectivity index (χ0n) is 10.8. The predicted octanol–water partition coefficient (Wildman–Crippen LogP) is 3.13. The van der Waals surface area contributed by atoms with Crippen molar-refractivity contribution in [3.8, 4) is 0 Å². The van der Waals surface area contributed by atoms with Crippen molar-refractivity contribution in [3.63, 3.8) is 0 Å². The molecule has 0 aromatic rings. The van der Waals surface area contributed by atoms with Gasteiger partial charge in [-0.05, 0) is 25.2 Å². The van der Waals surface area contributed by atoms with Crippen molar-refractivity contribution in [2.45, 2.75) is 49.7 Å². The van der Waals surface area contributed by atoms with Crippen LogP contribution < -0.4 is 0 Å². The van der Waals surface area contributed by atoms with Crippen LogP contribution in [0.15, 0.2) is 12.7 Å². The molecule has 1 saturated carbocycles. The van der Waals surface area contributed by atoms with E-state index >= 15 is 0 Å². The maximum atomic E-state index is 12.6. The second kappa shape index (κ2) is 5.86. The van der Waals surface area contributed by atoms with Gasteiger partial charge in [-0.3, -0.25) is 0 Å². The topological polar surface area (TPSA) is 46.5 Å². The lowest BCUT2D eigenvalue weighted by Crippen LogP contribution is -2.58. The largest absolute Gasteiger partial charge is 0.459 e. The summed E-state index contributed by atoms with van der Waals surface area (Å²) in [5.74, 6) is -2.14. The summed E-state index contributed by atoms with van der Waals surface area (Å²) in [7, 11) is 0. The van der Waals surface area contributed by atoms with Gasteiger partial charge in [0.1, 0.15) is 6.10 Å². The summed E-state index contributed by atoms with van der Waals surface area (Å²) >= 11 is 0. The molecule has 1 aliphatic carbocycles. The molecule has 0 saturated heterocycles. The quantitative estimate of drug-likeness (QED) is 0.492. The van der Waals surface area contributed by atoms with Gasteiger partial charge in [-0.2, -0.15) is 26.3 Å². The highest BCUT2D eigenvalue weighted by Crippen LogP contribution is 2.49. The van der Waals surface area contributed by atoms with Crippen LogP contribution in [0.3, 0.4) is 0 Å². The van der Waals surface area contributed by atoms with Crippen molar-refractivity contribution in [3.05, 3.63) is 12.7 Å². The van der Waals surface area contributed by atoms with E-state index in [-0.39, 0.29) is 12.8 Å². The van der Waals surface area contributed by atoms with Crippen molar-refractivity contribution in [1.29, 1.82) is 0 Å².